The van der Waals surface area contributed by atoms with Gasteiger partial charge in [-0.25, -0.2) is 13.4 Å². The molecule has 0 radical (unpaired) electrons. The molecule has 5 nitrogen and oxygen atoms in total. The number of hydrogen-bond acceptors (Lipinski definition) is 3. The molecule has 0 fully saturated rings. The maximum absolute atomic E-state index is 11.3. The van der Waals surface area contributed by atoms with Gasteiger partial charge in [-0.2, -0.15) is 0 Å². The third-order valence-corrected chi connectivity index (χ3v) is 5.40. The van der Waals surface area contributed by atoms with Gasteiger partial charge in [0.1, 0.15) is 0 Å². The first kappa shape index (κ1) is 18.5. The zero-order valence-electron chi connectivity index (χ0n) is 15.0. The Labute approximate surface area is 155 Å². The molecule has 0 aromatic heterocycles. The second-order valence-electron chi connectivity index (χ2n) is 6.86. The lowest BCUT2D eigenvalue weighted by Crippen LogP contribution is -2.24. The van der Waals surface area contributed by atoms with E-state index in [-0.39, 0.29) is 5.75 Å². The summed E-state index contributed by atoms with van der Waals surface area (Å²) in [5, 5.41) is 3.23. The van der Waals surface area contributed by atoms with Crippen molar-refractivity contribution in [3.05, 3.63) is 64.7 Å². The molecule has 0 saturated heterocycles. The van der Waals surface area contributed by atoms with Gasteiger partial charge in [0.05, 0.1) is 12.3 Å². The smallest absolute Gasteiger partial charge is 0.193 e. The molecule has 2 aromatic carbocycles. The fourth-order valence-corrected chi connectivity index (χ4v) is 4.09. The fourth-order valence-electron chi connectivity index (χ4n) is 3.30. The normalized spacial score (nSPS) is 14.7. The molecule has 0 aliphatic heterocycles. The molecule has 2 aromatic rings. The minimum atomic E-state index is -3.02. The molecule has 3 rings (SSSR count). The quantitative estimate of drug-likeness (QED) is 0.625. The molecule has 6 heteroatoms. The zero-order valence-corrected chi connectivity index (χ0v) is 15.8. The van der Waals surface area contributed by atoms with Crippen LogP contribution < -0.4 is 11.1 Å². The average molecular weight is 372 g/mol. The second kappa shape index (κ2) is 7.91. The highest BCUT2D eigenvalue weighted by Crippen LogP contribution is 2.27. The summed E-state index contributed by atoms with van der Waals surface area (Å²) in [6.07, 6.45) is 5.90. The summed E-state index contributed by atoms with van der Waals surface area (Å²) in [5.74, 6) is 0.448. The van der Waals surface area contributed by atoms with Crippen molar-refractivity contribution in [2.24, 2.45) is 10.7 Å². The zero-order chi connectivity index (χ0) is 18.6. The first-order valence-electron chi connectivity index (χ1n) is 8.84. The van der Waals surface area contributed by atoms with Crippen LogP contribution in [-0.2, 0) is 35.0 Å². The van der Waals surface area contributed by atoms with E-state index < -0.39 is 9.84 Å². The summed E-state index contributed by atoms with van der Waals surface area (Å²) >= 11 is 0. The number of aliphatic imine (C=N–C) groups is 1. The first-order valence-corrected chi connectivity index (χ1v) is 10.9. The van der Waals surface area contributed by atoms with Crippen LogP contribution in [0.15, 0.2) is 47.5 Å². The lowest BCUT2D eigenvalue weighted by Gasteiger charge is -2.19. The predicted molar refractivity (Wildman–Crippen MR) is 107 cm³/mol. The molecule has 0 saturated carbocycles. The molecule has 0 spiro atoms. The lowest BCUT2D eigenvalue weighted by atomic mass is 9.90. The fraction of sp³-hybridized carbons (Fsp3) is 0.350. The van der Waals surface area contributed by atoms with Crippen LogP contribution in [0.5, 0.6) is 0 Å². The van der Waals surface area contributed by atoms with Gasteiger partial charge in [-0.05, 0) is 54.0 Å². The number of anilines is 1. The molecule has 0 amide bonds. The number of aryl methyl sites for hydroxylation is 1. The number of guanidine groups is 1. The minimum absolute atomic E-state index is 0.0549. The van der Waals surface area contributed by atoms with Crippen molar-refractivity contribution >= 4 is 21.5 Å². The maximum atomic E-state index is 11.3. The van der Waals surface area contributed by atoms with E-state index in [1.807, 2.05) is 30.3 Å². The Morgan fingerprint density at radius 1 is 1.08 bits per heavy atom. The van der Waals surface area contributed by atoms with Crippen molar-refractivity contribution in [2.75, 3.05) is 11.6 Å². The Morgan fingerprint density at radius 2 is 1.77 bits per heavy atom. The monoisotopic (exact) mass is 371 g/mol. The van der Waals surface area contributed by atoms with Gasteiger partial charge in [-0.3, -0.25) is 0 Å². The van der Waals surface area contributed by atoms with Crippen molar-refractivity contribution < 1.29 is 8.42 Å². The van der Waals surface area contributed by atoms with E-state index in [0.29, 0.717) is 12.5 Å². The highest BCUT2D eigenvalue weighted by Gasteiger charge is 2.13. The Morgan fingerprint density at radius 3 is 2.50 bits per heavy atom. The topological polar surface area (TPSA) is 84.5 Å². The van der Waals surface area contributed by atoms with Crippen LogP contribution in [0, 0.1) is 0 Å². The maximum Gasteiger partial charge on any atom is 0.193 e. The van der Waals surface area contributed by atoms with Gasteiger partial charge in [0, 0.05) is 11.9 Å². The van der Waals surface area contributed by atoms with E-state index in [1.54, 1.807) is 0 Å². The Kier molecular flexibility index (Phi) is 5.61. The van der Waals surface area contributed by atoms with Crippen LogP contribution in [0.25, 0.3) is 0 Å². The number of hydrogen-bond donors (Lipinski definition) is 2. The van der Waals surface area contributed by atoms with Crippen molar-refractivity contribution in [3.63, 3.8) is 0 Å². The Balaban J connectivity index is 1.64. The number of nitrogens with zero attached hydrogens (tertiary/aromatic N) is 1. The number of fused-ring (bicyclic) bond motifs is 1. The number of rotatable bonds is 5. The van der Waals surface area contributed by atoms with E-state index in [9.17, 15) is 8.42 Å². The molecule has 3 N–H and O–H groups in total. The largest absolute Gasteiger partial charge is 0.370 e. The van der Waals surface area contributed by atoms with E-state index in [4.69, 9.17) is 5.73 Å². The van der Waals surface area contributed by atoms with Crippen molar-refractivity contribution in [1.29, 1.82) is 0 Å². The van der Waals surface area contributed by atoms with E-state index >= 15 is 0 Å². The van der Waals surface area contributed by atoms with E-state index in [0.717, 1.165) is 29.7 Å². The molecular weight excluding hydrogens is 346 g/mol. The first-order chi connectivity index (χ1) is 12.4. The third kappa shape index (κ3) is 5.08. The van der Waals surface area contributed by atoms with Gasteiger partial charge < -0.3 is 11.1 Å². The summed E-state index contributed by atoms with van der Waals surface area (Å²) in [4.78, 5) is 4.41. The predicted octanol–water partition coefficient (Wildman–Crippen LogP) is 3.04. The van der Waals surface area contributed by atoms with Crippen molar-refractivity contribution in [1.82, 2.24) is 0 Å². The molecule has 0 bridgehead atoms. The number of nitrogens with two attached hydrogens (primary N) is 1. The van der Waals surface area contributed by atoms with Crippen molar-refractivity contribution in [3.8, 4) is 0 Å². The third-order valence-electron chi connectivity index (χ3n) is 4.54. The second-order valence-corrected chi connectivity index (χ2v) is 9.00. The van der Waals surface area contributed by atoms with Crippen LogP contribution in [0.3, 0.4) is 0 Å². The van der Waals surface area contributed by atoms with Crippen LogP contribution in [0.4, 0.5) is 5.69 Å². The van der Waals surface area contributed by atoms with Gasteiger partial charge in [-0.1, -0.05) is 36.4 Å². The number of nitrogens with one attached hydrogen (secondary N) is 1. The van der Waals surface area contributed by atoms with Crippen LogP contribution in [0.1, 0.15) is 35.1 Å². The van der Waals surface area contributed by atoms with Gasteiger partial charge in [0.15, 0.2) is 15.8 Å². The minimum Gasteiger partial charge on any atom is -0.370 e. The van der Waals surface area contributed by atoms with Gasteiger partial charge in [-0.15, -0.1) is 0 Å². The molecule has 26 heavy (non-hydrogen) atoms. The highest BCUT2D eigenvalue weighted by atomic mass is 32.2. The summed E-state index contributed by atoms with van der Waals surface area (Å²) < 4.78 is 22.7. The summed E-state index contributed by atoms with van der Waals surface area (Å²) in [6, 6.07) is 13.7. The van der Waals surface area contributed by atoms with Gasteiger partial charge >= 0.3 is 0 Å². The van der Waals surface area contributed by atoms with E-state index in [2.05, 4.69) is 22.4 Å². The summed E-state index contributed by atoms with van der Waals surface area (Å²) in [6.45, 7) is 0.451. The molecule has 1 aliphatic rings. The van der Waals surface area contributed by atoms with Crippen molar-refractivity contribution in [2.45, 2.75) is 38.0 Å². The molecular formula is C20H25N3O2S. The van der Waals surface area contributed by atoms with Gasteiger partial charge in [0.25, 0.3) is 0 Å². The summed E-state index contributed by atoms with van der Waals surface area (Å²) in [7, 11) is -3.02. The number of sulfone groups is 1. The van der Waals surface area contributed by atoms with Crippen LogP contribution >= 0.6 is 0 Å². The molecule has 0 heterocycles. The van der Waals surface area contributed by atoms with E-state index in [1.165, 1.54) is 30.2 Å². The molecule has 1 aliphatic carbocycles. The van der Waals surface area contributed by atoms with Crippen LogP contribution in [0.2, 0.25) is 0 Å². The van der Waals surface area contributed by atoms with Gasteiger partial charge in [0.2, 0.25) is 0 Å². The Hall–Kier alpha value is -2.34. The SMILES string of the molecule is CS(=O)(=O)Cc1ccc(CN=C(N)Nc2cccc3c2CCCC3)cc1. The van der Waals surface area contributed by atoms with Crippen LogP contribution in [-0.4, -0.2) is 20.6 Å². The molecule has 0 atom stereocenters. The molecule has 0 unspecified atom stereocenters. The summed E-state index contributed by atoms with van der Waals surface area (Å²) in [5.41, 5.74) is 11.6. The average Bonchev–Trinajstić information content (AvgIpc) is 2.60. The Bertz CT molecular complexity index is 903. The standard InChI is InChI=1S/C20H25N3O2S/c1-26(24,25)14-16-11-9-15(10-12-16)13-22-20(21)23-19-8-4-6-17-5-2-3-7-18(17)19/h4,6,8-12H,2-3,5,7,13-14H2,1H3,(H3,21,22,23). The molecule has 138 valence electrons. The highest BCUT2D eigenvalue weighted by molar-refractivity contribution is 7.89. The number of benzene rings is 2. The lowest BCUT2D eigenvalue weighted by molar-refractivity contribution is 0.601.